The molecule has 0 aliphatic rings. The zero-order chi connectivity index (χ0) is 9.84. The molecule has 1 radical (unpaired) electrons. The van der Waals surface area contributed by atoms with E-state index in [9.17, 15) is 9.90 Å². The van der Waals surface area contributed by atoms with E-state index in [1.807, 2.05) is 13.8 Å². The number of hydrogen-bond acceptors (Lipinski definition) is 3. The second-order valence-electron chi connectivity index (χ2n) is 3.11. The quantitative estimate of drug-likeness (QED) is 0.702. The lowest BCUT2D eigenvalue weighted by molar-refractivity contribution is 0.0455. The van der Waals surface area contributed by atoms with Gasteiger partial charge in [-0.1, -0.05) is 13.8 Å². The van der Waals surface area contributed by atoms with E-state index in [4.69, 9.17) is 4.74 Å². The highest BCUT2D eigenvalue weighted by Gasteiger charge is 2.15. The third kappa shape index (κ3) is 2.73. The minimum Gasteiger partial charge on any atom is -0.462 e. The molecule has 0 bridgehead atoms. The molecule has 0 atom stereocenters. The molecule has 0 aliphatic heterocycles. The van der Waals surface area contributed by atoms with Gasteiger partial charge in [-0.15, -0.1) is 11.3 Å². The lowest BCUT2D eigenvalue weighted by Crippen LogP contribution is -2.09. The second kappa shape index (κ2) is 4.28. The maximum absolute atomic E-state index is 11.2. The van der Waals surface area contributed by atoms with Crippen molar-refractivity contribution in [1.82, 2.24) is 0 Å². The van der Waals surface area contributed by atoms with Gasteiger partial charge in [0.15, 0.2) is 0 Å². The van der Waals surface area contributed by atoms with E-state index < -0.39 is 5.97 Å². The molecule has 71 valence electrons. The topological polar surface area (TPSA) is 46.2 Å². The van der Waals surface area contributed by atoms with Crippen LogP contribution in [0.25, 0.3) is 0 Å². The van der Waals surface area contributed by atoms with Crippen LogP contribution >= 0.6 is 11.3 Å². The predicted octanol–water partition coefficient (Wildman–Crippen LogP) is 2.70. The Balaban J connectivity index is 2.54. The van der Waals surface area contributed by atoms with Gasteiger partial charge in [0.25, 0.3) is 0 Å². The summed E-state index contributed by atoms with van der Waals surface area (Å²) in [6, 6.07) is 1.50. The molecule has 1 rings (SSSR count). The smallest absolute Gasteiger partial charge is 0.343 e. The van der Waals surface area contributed by atoms with Gasteiger partial charge < -0.3 is 4.74 Å². The van der Waals surface area contributed by atoms with Crippen LogP contribution in [-0.4, -0.2) is 12.6 Å². The molecule has 0 unspecified atom stereocenters. The number of esters is 1. The van der Waals surface area contributed by atoms with Crippen molar-refractivity contribution in [1.29, 1.82) is 0 Å². The predicted molar refractivity (Wildman–Crippen MR) is 49.6 cm³/mol. The monoisotopic (exact) mass is 199 g/mol. The van der Waals surface area contributed by atoms with E-state index in [2.05, 4.69) is 0 Å². The highest BCUT2D eigenvalue weighted by Crippen LogP contribution is 2.25. The Morgan fingerprint density at radius 2 is 2.31 bits per heavy atom. The van der Waals surface area contributed by atoms with Crippen LogP contribution in [-0.2, 0) is 9.84 Å². The van der Waals surface area contributed by atoms with Crippen LogP contribution in [0.1, 0.15) is 24.2 Å². The van der Waals surface area contributed by atoms with Gasteiger partial charge in [0, 0.05) is 0 Å². The Bertz CT molecular complexity index is 291. The molecular formula is C9H11O3S. The van der Waals surface area contributed by atoms with E-state index in [-0.39, 0.29) is 16.5 Å². The number of ether oxygens (including phenoxy) is 1. The summed E-state index contributed by atoms with van der Waals surface area (Å²) >= 11 is 1.01. The van der Waals surface area contributed by atoms with Crippen molar-refractivity contribution >= 4 is 17.3 Å². The number of carbonyl (C=O) groups excluding carboxylic acids is 1. The standard InChI is InChI=1S/C9H11O3S/c1-6(2)5-12-8(10)7-3-4-13-9(7)11/h3-4,6H,5H2,1-2H3. The first-order valence-electron chi connectivity index (χ1n) is 4.03. The molecule has 4 heteroatoms. The Morgan fingerprint density at radius 1 is 1.62 bits per heavy atom. The fraction of sp³-hybridized carbons (Fsp3) is 0.444. The van der Waals surface area contributed by atoms with Gasteiger partial charge in [-0.3, -0.25) is 5.11 Å². The van der Waals surface area contributed by atoms with E-state index in [1.54, 1.807) is 5.38 Å². The van der Waals surface area contributed by atoms with Crippen LogP contribution in [0.15, 0.2) is 11.4 Å². The first-order valence-corrected chi connectivity index (χ1v) is 4.91. The molecule has 0 saturated heterocycles. The summed E-state index contributed by atoms with van der Waals surface area (Å²) < 4.78 is 4.90. The Morgan fingerprint density at radius 3 is 2.77 bits per heavy atom. The largest absolute Gasteiger partial charge is 0.462 e. The van der Waals surface area contributed by atoms with Crippen molar-refractivity contribution < 1.29 is 14.6 Å². The van der Waals surface area contributed by atoms with Crippen molar-refractivity contribution in [2.24, 2.45) is 5.92 Å². The Hall–Kier alpha value is -1.03. The van der Waals surface area contributed by atoms with Crippen LogP contribution in [0.4, 0.5) is 0 Å². The number of hydrogen-bond donors (Lipinski definition) is 0. The molecule has 0 fully saturated rings. The molecule has 1 aromatic rings. The summed E-state index contributed by atoms with van der Waals surface area (Å²) in [5.41, 5.74) is 0.144. The molecule has 1 heterocycles. The third-order valence-electron chi connectivity index (χ3n) is 1.40. The second-order valence-corrected chi connectivity index (χ2v) is 3.99. The maximum atomic E-state index is 11.2. The van der Waals surface area contributed by atoms with Crippen molar-refractivity contribution in [3.05, 3.63) is 17.0 Å². The van der Waals surface area contributed by atoms with Gasteiger partial charge in [-0.05, 0) is 17.4 Å². The van der Waals surface area contributed by atoms with E-state index in [0.717, 1.165) is 11.3 Å². The fourth-order valence-corrected chi connectivity index (χ4v) is 1.37. The summed E-state index contributed by atoms with van der Waals surface area (Å²) in [6.45, 7) is 4.24. The van der Waals surface area contributed by atoms with Crippen LogP contribution in [0, 0.1) is 5.92 Å². The molecule has 0 N–H and O–H groups in total. The number of rotatable bonds is 3. The van der Waals surface area contributed by atoms with Gasteiger partial charge >= 0.3 is 5.97 Å². The average molecular weight is 199 g/mol. The van der Waals surface area contributed by atoms with Crippen molar-refractivity contribution in [2.75, 3.05) is 6.61 Å². The molecule has 0 aliphatic carbocycles. The van der Waals surface area contributed by atoms with Gasteiger partial charge in [-0.25, -0.2) is 4.79 Å². The zero-order valence-corrected chi connectivity index (χ0v) is 8.39. The highest BCUT2D eigenvalue weighted by atomic mass is 32.1. The zero-order valence-electron chi connectivity index (χ0n) is 7.57. The lowest BCUT2D eigenvalue weighted by Gasteiger charge is -2.05. The van der Waals surface area contributed by atoms with Gasteiger partial charge in [0.2, 0.25) is 5.06 Å². The Kier molecular flexibility index (Phi) is 3.31. The molecule has 0 saturated carbocycles. The van der Waals surface area contributed by atoms with E-state index in [0.29, 0.717) is 6.61 Å². The number of carbonyl (C=O) groups is 1. The van der Waals surface area contributed by atoms with Crippen LogP contribution in [0.3, 0.4) is 0 Å². The van der Waals surface area contributed by atoms with E-state index in [1.165, 1.54) is 6.07 Å². The SMILES string of the molecule is CC(C)COC(=O)c1ccsc1[O]. The lowest BCUT2D eigenvalue weighted by atomic mass is 10.2. The molecule has 0 aromatic carbocycles. The Labute approximate surface area is 81.0 Å². The highest BCUT2D eigenvalue weighted by molar-refractivity contribution is 7.12. The summed E-state index contributed by atoms with van der Waals surface area (Å²) in [7, 11) is 0. The average Bonchev–Trinajstić information content (AvgIpc) is 2.47. The molecule has 0 spiro atoms. The normalized spacial score (nSPS) is 10.4. The fourth-order valence-electron chi connectivity index (χ4n) is 0.767. The van der Waals surface area contributed by atoms with Gasteiger partial charge in [0.05, 0.1) is 6.61 Å². The van der Waals surface area contributed by atoms with Gasteiger partial charge in [0.1, 0.15) is 5.56 Å². The molecule has 13 heavy (non-hydrogen) atoms. The van der Waals surface area contributed by atoms with Crippen LogP contribution < -0.4 is 0 Å². The van der Waals surface area contributed by atoms with E-state index >= 15 is 0 Å². The first-order chi connectivity index (χ1) is 6.11. The maximum Gasteiger partial charge on any atom is 0.343 e. The molecule has 1 aromatic heterocycles. The van der Waals surface area contributed by atoms with Crippen molar-refractivity contribution in [3.63, 3.8) is 0 Å². The molecule has 3 nitrogen and oxygen atoms in total. The van der Waals surface area contributed by atoms with Crippen molar-refractivity contribution in [3.8, 4) is 5.06 Å². The summed E-state index contributed by atoms with van der Waals surface area (Å²) in [4.78, 5) is 11.2. The van der Waals surface area contributed by atoms with Crippen molar-refractivity contribution in [2.45, 2.75) is 13.8 Å². The minimum absolute atomic E-state index is 0.144. The van der Waals surface area contributed by atoms with Gasteiger partial charge in [-0.2, -0.15) is 0 Å². The van der Waals surface area contributed by atoms with Crippen LogP contribution in [0.5, 0.6) is 5.06 Å². The summed E-state index contributed by atoms with van der Waals surface area (Å²) in [5, 5.41) is 12.4. The third-order valence-corrected chi connectivity index (χ3v) is 2.10. The molecular weight excluding hydrogens is 188 g/mol. The number of thiophene rings is 1. The molecule has 0 amide bonds. The first kappa shape index (κ1) is 10.1. The van der Waals surface area contributed by atoms with Crippen LogP contribution in [0.2, 0.25) is 0 Å². The summed E-state index contributed by atoms with van der Waals surface area (Å²) in [5.74, 6) is -0.224. The minimum atomic E-state index is -0.514. The summed E-state index contributed by atoms with van der Waals surface area (Å²) in [6.07, 6.45) is 0.